The Kier molecular flexibility index (Phi) is 7.03. The lowest BCUT2D eigenvalue weighted by molar-refractivity contribution is 0.133. The first-order valence-electron chi connectivity index (χ1n) is 6.75. The number of rotatable bonds is 4. The average molecular weight is 279 g/mol. The van der Waals surface area contributed by atoms with Crippen molar-refractivity contribution in [2.45, 2.75) is 39.7 Å². The van der Waals surface area contributed by atoms with Crippen molar-refractivity contribution in [3.05, 3.63) is 35.5 Å². The summed E-state index contributed by atoms with van der Waals surface area (Å²) < 4.78 is 7.50. The van der Waals surface area contributed by atoms with E-state index in [0.717, 1.165) is 5.75 Å². The third kappa shape index (κ3) is 3.77. The summed E-state index contributed by atoms with van der Waals surface area (Å²) in [4.78, 5) is 0. The molecule has 1 aromatic carbocycles. The molecule has 106 valence electrons. The monoisotopic (exact) mass is 279 g/mol. The lowest BCUT2D eigenvalue weighted by Gasteiger charge is -2.06. The SMILES string of the molecule is CCC.COCn1c(C)c(CSC)c2ccccc21. The van der Waals surface area contributed by atoms with Crippen molar-refractivity contribution in [3.63, 3.8) is 0 Å². The van der Waals surface area contributed by atoms with Gasteiger partial charge in [0.15, 0.2) is 0 Å². The van der Waals surface area contributed by atoms with Crippen LogP contribution in [0.3, 0.4) is 0 Å². The van der Waals surface area contributed by atoms with Crippen LogP contribution in [0.2, 0.25) is 0 Å². The van der Waals surface area contributed by atoms with Gasteiger partial charge in [-0.1, -0.05) is 38.5 Å². The van der Waals surface area contributed by atoms with Gasteiger partial charge in [-0.05, 0) is 24.8 Å². The highest BCUT2D eigenvalue weighted by molar-refractivity contribution is 7.97. The number of nitrogens with zero attached hydrogens (tertiary/aromatic N) is 1. The molecule has 3 heteroatoms. The summed E-state index contributed by atoms with van der Waals surface area (Å²) in [5.74, 6) is 1.06. The molecule has 0 aliphatic carbocycles. The molecule has 0 radical (unpaired) electrons. The molecule has 0 bridgehead atoms. The number of methoxy groups -OCH3 is 1. The normalized spacial score (nSPS) is 10.4. The smallest absolute Gasteiger partial charge is 0.122 e. The average Bonchev–Trinajstić information content (AvgIpc) is 2.67. The van der Waals surface area contributed by atoms with Crippen LogP contribution in [0, 0.1) is 6.92 Å². The maximum absolute atomic E-state index is 5.26. The summed E-state index contributed by atoms with van der Waals surface area (Å²) in [6.07, 6.45) is 3.39. The Bertz CT molecular complexity index is 462. The lowest BCUT2D eigenvalue weighted by Crippen LogP contribution is -2.01. The van der Waals surface area contributed by atoms with Crippen molar-refractivity contribution in [2.24, 2.45) is 0 Å². The Balaban J connectivity index is 0.000000550. The third-order valence-corrected chi connectivity index (χ3v) is 3.49. The molecular weight excluding hydrogens is 254 g/mol. The molecule has 1 heterocycles. The minimum atomic E-state index is 0.626. The molecule has 19 heavy (non-hydrogen) atoms. The Morgan fingerprint density at radius 3 is 2.42 bits per heavy atom. The van der Waals surface area contributed by atoms with Gasteiger partial charge in [0, 0.05) is 23.9 Å². The number of ether oxygens (including phenoxy) is 1. The molecule has 1 aromatic heterocycles. The summed E-state index contributed by atoms with van der Waals surface area (Å²) >= 11 is 1.86. The van der Waals surface area contributed by atoms with E-state index in [2.05, 4.69) is 55.9 Å². The van der Waals surface area contributed by atoms with Gasteiger partial charge in [0.2, 0.25) is 0 Å². The van der Waals surface area contributed by atoms with Gasteiger partial charge in [-0.2, -0.15) is 11.8 Å². The van der Waals surface area contributed by atoms with Crippen LogP contribution in [0.4, 0.5) is 0 Å². The number of hydrogen-bond donors (Lipinski definition) is 0. The molecule has 0 saturated heterocycles. The van der Waals surface area contributed by atoms with Crippen molar-refractivity contribution in [3.8, 4) is 0 Å². The lowest BCUT2D eigenvalue weighted by atomic mass is 10.1. The minimum Gasteiger partial charge on any atom is -0.364 e. The second kappa shape index (κ2) is 8.28. The van der Waals surface area contributed by atoms with Gasteiger partial charge in [0.1, 0.15) is 6.73 Å². The molecule has 2 nitrogen and oxygen atoms in total. The van der Waals surface area contributed by atoms with E-state index in [4.69, 9.17) is 4.74 Å². The van der Waals surface area contributed by atoms with Gasteiger partial charge in [-0.25, -0.2) is 0 Å². The molecule has 0 amide bonds. The molecule has 0 N–H and O–H groups in total. The fourth-order valence-electron chi connectivity index (χ4n) is 2.12. The molecule has 0 fully saturated rings. The Hall–Kier alpha value is -0.930. The van der Waals surface area contributed by atoms with Gasteiger partial charge in [-0.3, -0.25) is 0 Å². The maximum Gasteiger partial charge on any atom is 0.122 e. The van der Waals surface area contributed by atoms with E-state index in [9.17, 15) is 0 Å². The van der Waals surface area contributed by atoms with Crippen LogP contribution >= 0.6 is 11.8 Å². The van der Waals surface area contributed by atoms with Gasteiger partial charge in [-0.15, -0.1) is 0 Å². The molecule has 0 spiro atoms. The van der Waals surface area contributed by atoms with Crippen molar-refractivity contribution < 1.29 is 4.74 Å². The van der Waals surface area contributed by atoms with Crippen LogP contribution in [-0.4, -0.2) is 17.9 Å². The summed E-state index contributed by atoms with van der Waals surface area (Å²) in [6.45, 7) is 7.05. The van der Waals surface area contributed by atoms with E-state index in [0.29, 0.717) is 6.73 Å². The van der Waals surface area contributed by atoms with Crippen molar-refractivity contribution in [1.82, 2.24) is 4.57 Å². The van der Waals surface area contributed by atoms with Crippen LogP contribution in [0.25, 0.3) is 10.9 Å². The van der Waals surface area contributed by atoms with Gasteiger partial charge in [0.05, 0.1) is 5.52 Å². The molecular formula is C16H25NOS. The number of thioether (sulfide) groups is 1. The first-order valence-corrected chi connectivity index (χ1v) is 8.15. The molecule has 0 saturated carbocycles. The molecule has 0 unspecified atom stereocenters. The van der Waals surface area contributed by atoms with E-state index in [1.54, 1.807) is 7.11 Å². The number of para-hydroxylation sites is 1. The summed E-state index contributed by atoms with van der Waals surface area (Å²) in [5.41, 5.74) is 4.02. The summed E-state index contributed by atoms with van der Waals surface area (Å²) in [7, 11) is 1.74. The molecule has 2 aromatic rings. The van der Waals surface area contributed by atoms with Crippen molar-refractivity contribution in [1.29, 1.82) is 0 Å². The number of hydrogen-bond acceptors (Lipinski definition) is 2. The van der Waals surface area contributed by atoms with Gasteiger partial charge in [0.25, 0.3) is 0 Å². The molecule has 0 atom stereocenters. The Labute approximate surface area is 121 Å². The quantitative estimate of drug-likeness (QED) is 0.795. The summed E-state index contributed by atoms with van der Waals surface area (Å²) in [6, 6.07) is 8.53. The largest absolute Gasteiger partial charge is 0.364 e. The fraction of sp³-hybridized carbons (Fsp3) is 0.500. The zero-order valence-electron chi connectivity index (χ0n) is 12.7. The minimum absolute atomic E-state index is 0.626. The fourth-order valence-corrected chi connectivity index (χ4v) is 2.78. The second-order valence-electron chi connectivity index (χ2n) is 4.57. The molecule has 0 aliphatic rings. The predicted octanol–water partition coefficient (Wildman–Crippen LogP) is 4.83. The summed E-state index contributed by atoms with van der Waals surface area (Å²) in [5, 5.41) is 1.35. The first-order chi connectivity index (χ1) is 9.21. The number of benzene rings is 1. The highest BCUT2D eigenvalue weighted by Gasteiger charge is 2.12. The Morgan fingerprint density at radius 1 is 1.21 bits per heavy atom. The number of fused-ring (bicyclic) bond motifs is 1. The van der Waals surface area contributed by atoms with E-state index < -0.39 is 0 Å². The maximum atomic E-state index is 5.26. The first kappa shape index (κ1) is 16.1. The van der Waals surface area contributed by atoms with E-state index in [1.807, 2.05) is 11.8 Å². The highest BCUT2D eigenvalue weighted by Crippen LogP contribution is 2.28. The molecule has 2 rings (SSSR count). The zero-order valence-corrected chi connectivity index (χ0v) is 13.5. The number of aromatic nitrogens is 1. The second-order valence-corrected chi connectivity index (χ2v) is 5.43. The van der Waals surface area contributed by atoms with Crippen LogP contribution in [0.15, 0.2) is 24.3 Å². The van der Waals surface area contributed by atoms with Crippen LogP contribution in [0.1, 0.15) is 31.5 Å². The van der Waals surface area contributed by atoms with Crippen molar-refractivity contribution in [2.75, 3.05) is 13.4 Å². The van der Waals surface area contributed by atoms with Gasteiger partial charge < -0.3 is 9.30 Å². The topological polar surface area (TPSA) is 14.2 Å². The van der Waals surface area contributed by atoms with Crippen LogP contribution in [-0.2, 0) is 17.2 Å². The van der Waals surface area contributed by atoms with Gasteiger partial charge >= 0.3 is 0 Å². The third-order valence-electron chi connectivity index (χ3n) is 2.91. The van der Waals surface area contributed by atoms with E-state index in [1.165, 1.54) is 28.6 Å². The standard InChI is InChI=1S/C13H17NOS.C3H8/c1-10-12(8-16-3)11-6-4-5-7-13(11)14(10)9-15-2;1-3-2/h4-7H,8-9H2,1-3H3;3H2,1-2H3. The van der Waals surface area contributed by atoms with E-state index in [-0.39, 0.29) is 0 Å². The Morgan fingerprint density at radius 2 is 1.84 bits per heavy atom. The van der Waals surface area contributed by atoms with Crippen molar-refractivity contribution >= 4 is 22.7 Å². The van der Waals surface area contributed by atoms with Crippen LogP contribution < -0.4 is 0 Å². The van der Waals surface area contributed by atoms with Crippen LogP contribution in [0.5, 0.6) is 0 Å². The van der Waals surface area contributed by atoms with E-state index >= 15 is 0 Å². The molecule has 0 aliphatic heterocycles. The highest BCUT2D eigenvalue weighted by atomic mass is 32.2. The predicted molar refractivity (Wildman–Crippen MR) is 86.9 cm³/mol. The zero-order chi connectivity index (χ0) is 14.3.